The molecule has 1 aliphatic heterocycles. The maximum Gasteiger partial charge on any atom is 0.248 e. The summed E-state index contributed by atoms with van der Waals surface area (Å²) in [6, 6.07) is 11.4. The number of hydrogen-bond donors (Lipinski definition) is 0. The van der Waals surface area contributed by atoms with Gasteiger partial charge in [-0.25, -0.2) is 4.39 Å². The molecule has 1 atom stereocenters. The molecule has 0 saturated heterocycles. The molecule has 0 fully saturated rings. The molecule has 0 bridgehead atoms. The number of amides is 1. The van der Waals surface area contributed by atoms with Crippen LogP contribution in [0.5, 0.6) is 0 Å². The molecule has 142 valence electrons. The third-order valence-corrected chi connectivity index (χ3v) is 6.22. The lowest BCUT2D eigenvalue weighted by molar-refractivity contribution is -0.117. The number of carbonyl (C=O) groups is 1. The summed E-state index contributed by atoms with van der Waals surface area (Å²) >= 11 is 5.13. The lowest BCUT2D eigenvalue weighted by Crippen LogP contribution is -2.37. The van der Waals surface area contributed by atoms with Crippen molar-refractivity contribution in [2.45, 2.75) is 19.1 Å². The molecular formula is C20H20ClFN2O2S. The molecule has 1 aliphatic rings. The summed E-state index contributed by atoms with van der Waals surface area (Å²) in [5.74, 6) is -0.268. The highest BCUT2D eigenvalue weighted by atomic mass is 35.5. The minimum absolute atomic E-state index is 0.0157. The van der Waals surface area contributed by atoms with Crippen molar-refractivity contribution >= 4 is 40.1 Å². The van der Waals surface area contributed by atoms with Crippen LogP contribution in [0.4, 0.5) is 10.1 Å². The van der Waals surface area contributed by atoms with Crippen LogP contribution in [-0.2, 0) is 16.0 Å². The predicted octanol–water partition coefficient (Wildman–Crippen LogP) is 3.82. The zero-order chi connectivity index (χ0) is 19.6. The van der Waals surface area contributed by atoms with Crippen molar-refractivity contribution in [3.8, 4) is 0 Å². The number of halogens is 2. The van der Waals surface area contributed by atoms with Crippen LogP contribution >= 0.6 is 11.6 Å². The average Bonchev–Trinajstić information content (AvgIpc) is 2.76. The Morgan fingerprint density at radius 2 is 2.00 bits per heavy atom. The second-order valence-electron chi connectivity index (χ2n) is 6.49. The molecule has 0 saturated carbocycles. The standard InChI is InChI=1S/C20H20ClFN2O2S/c1-13(2)27(26)10-9-24-18-8-7-14(21)11-16(18)20(23-12-19(24)25)15-5-3-4-6-17(15)22/h3-8,11,13H,9-10,12H2,1-2H3. The van der Waals surface area contributed by atoms with Gasteiger partial charge in [-0.2, -0.15) is 0 Å². The molecule has 1 unspecified atom stereocenters. The zero-order valence-corrected chi connectivity index (χ0v) is 16.7. The minimum atomic E-state index is -1.04. The maximum atomic E-state index is 14.4. The monoisotopic (exact) mass is 406 g/mol. The first-order valence-corrected chi connectivity index (χ1v) is 10.4. The van der Waals surface area contributed by atoms with Crippen LogP contribution in [0.25, 0.3) is 0 Å². The van der Waals surface area contributed by atoms with E-state index in [2.05, 4.69) is 4.99 Å². The molecule has 2 aromatic carbocycles. The summed E-state index contributed by atoms with van der Waals surface area (Å²) in [5.41, 5.74) is 1.91. The number of carbonyl (C=O) groups excluding carboxylic acids is 1. The van der Waals surface area contributed by atoms with Gasteiger partial charge in [0.1, 0.15) is 23.4 Å². The lowest BCUT2D eigenvalue weighted by atomic mass is 9.99. The van der Waals surface area contributed by atoms with Gasteiger partial charge in [0.2, 0.25) is 5.91 Å². The molecule has 1 heterocycles. The van der Waals surface area contributed by atoms with Crippen molar-refractivity contribution in [1.82, 2.24) is 0 Å². The Labute approximate surface area is 166 Å². The third kappa shape index (κ3) is 4.34. The van der Waals surface area contributed by atoms with E-state index in [1.54, 1.807) is 41.3 Å². The Kier molecular flexibility index (Phi) is 6.19. The molecule has 0 aromatic heterocycles. The molecule has 27 heavy (non-hydrogen) atoms. The number of nitrogens with zero attached hydrogens (tertiary/aromatic N) is 2. The van der Waals surface area contributed by atoms with Crippen molar-refractivity contribution in [3.63, 3.8) is 0 Å². The van der Waals surface area contributed by atoms with Gasteiger partial charge in [-0.1, -0.05) is 23.7 Å². The normalized spacial score (nSPS) is 15.4. The molecule has 0 radical (unpaired) electrons. The van der Waals surface area contributed by atoms with E-state index in [-0.39, 0.29) is 17.7 Å². The van der Waals surface area contributed by atoms with E-state index < -0.39 is 17.0 Å². The minimum Gasteiger partial charge on any atom is -0.616 e. The van der Waals surface area contributed by atoms with Crippen molar-refractivity contribution in [2.75, 3.05) is 23.7 Å². The van der Waals surface area contributed by atoms with Crippen LogP contribution in [0.2, 0.25) is 5.02 Å². The van der Waals surface area contributed by atoms with Crippen LogP contribution in [0.15, 0.2) is 47.5 Å². The van der Waals surface area contributed by atoms with E-state index in [0.29, 0.717) is 39.8 Å². The van der Waals surface area contributed by atoms with Gasteiger partial charge in [0, 0.05) is 16.1 Å². The fourth-order valence-electron chi connectivity index (χ4n) is 2.93. The molecule has 0 aliphatic carbocycles. The number of aliphatic imine (C=N–C) groups is 1. The summed E-state index contributed by atoms with van der Waals surface area (Å²) in [5, 5.41) is 0.486. The van der Waals surface area contributed by atoms with Gasteiger partial charge in [-0.15, -0.1) is 0 Å². The van der Waals surface area contributed by atoms with Crippen LogP contribution in [0.3, 0.4) is 0 Å². The molecule has 2 aromatic rings. The topological polar surface area (TPSA) is 55.7 Å². The van der Waals surface area contributed by atoms with Gasteiger partial charge in [-0.3, -0.25) is 9.79 Å². The van der Waals surface area contributed by atoms with Gasteiger partial charge in [0.05, 0.1) is 17.9 Å². The smallest absolute Gasteiger partial charge is 0.248 e. The van der Waals surface area contributed by atoms with E-state index in [1.165, 1.54) is 6.07 Å². The summed E-state index contributed by atoms with van der Waals surface area (Å²) in [4.78, 5) is 18.7. The summed E-state index contributed by atoms with van der Waals surface area (Å²) < 4.78 is 26.5. The number of benzene rings is 2. The van der Waals surface area contributed by atoms with Gasteiger partial charge in [-0.05, 0) is 55.4 Å². The number of benzodiazepines with no additional fused rings is 1. The second kappa shape index (κ2) is 8.42. The Morgan fingerprint density at radius 1 is 1.26 bits per heavy atom. The van der Waals surface area contributed by atoms with Crippen molar-refractivity contribution in [1.29, 1.82) is 0 Å². The van der Waals surface area contributed by atoms with Crippen LogP contribution in [-0.4, -0.2) is 40.3 Å². The van der Waals surface area contributed by atoms with E-state index in [9.17, 15) is 13.7 Å². The molecule has 4 nitrogen and oxygen atoms in total. The summed E-state index contributed by atoms with van der Waals surface area (Å²) in [6.45, 7) is 3.96. The molecule has 1 amide bonds. The highest BCUT2D eigenvalue weighted by Gasteiger charge is 2.27. The number of rotatable bonds is 5. The average molecular weight is 407 g/mol. The van der Waals surface area contributed by atoms with Crippen LogP contribution < -0.4 is 4.90 Å². The number of fused-ring (bicyclic) bond motifs is 1. The molecule has 3 rings (SSSR count). The SMILES string of the molecule is CC(C)[S+]([O-])CCN1C(=O)CN=C(c2ccccc2F)c2cc(Cl)ccc21. The second-order valence-corrected chi connectivity index (χ2v) is 9.03. The van der Waals surface area contributed by atoms with Gasteiger partial charge >= 0.3 is 0 Å². The lowest BCUT2D eigenvalue weighted by Gasteiger charge is -2.24. The Balaban J connectivity index is 2.04. The zero-order valence-electron chi connectivity index (χ0n) is 15.1. The highest BCUT2D eigenvalue weighted by molar-refractivity contribution is 7.92. The molecule has 0 N–H and O–H groups in total. The van der Waals surface area contributed by atoms with Gasteiger partial charge in [0.15, 0.2) is 0 Å². The van der Waals surface area contributed by atoms with Crippen molar-refractivity contribution in [2.24, 2.45) is 4.99 Å². The maximum absolute atomic E-state index is 14.4. The first-order chi connectivity index (χ1) is 12.9. The number of anilines is 1. The van der Waals surface area contributed by atoms with E-state index in [0.717, 1.165) is 0 Å². The quantitative estimate of drug-likeness (QED) is 0.709. The fraction of sp³-hybridized carbons (Fsp3) is 0.300. The fourth-order valence-corrected chi connectivity index (χ4v) is 3.94. The first kappa shape index (κ1) is 19.9. The Morgan fingerprint density at radius 3 is 2.70 bits per heavy atom. The van der Waals surface area contributed by atoms with Crippen LogP contribution in [0, 0.1) is 5.82 Å². The van der Waals surface area contributed by atoms with Crippen molar-refractivity contribution in [3.05, 3.63) is 64.4 Å². The molecule has 7 heteroatoms. The van der Waals surface area contributed by atoms with E-state index >= 15 is 0 Å². The summed E-state index contributed by atoms with van der Waals surface area (Å²) in [7, 11) is 0. The predicted molar refractivity (Wildman–Crippen MR) is 109 cm³/mol. The third-order valence-electron chi connectivity index (χ3n) is 4.35. The van der Waals surface area contributed by atoms with E-state index in [4.69, 9.17) is 11.6 Å². The highest BCUT2D eigenvalue weighted by Crippen LogP contribution is 2.30. The first-order valence-electron chi connectivity index (χ1n) is 8.65. The summed E-state index contributed by atoms with van der Waals surface area (Å²) in [6.07, 6.45) is 0. The van der Waals surface area contributed by atoms with Gasteiger partial charge < -0.3 is 9.45 Å². The Bertz CT molecular complexity index is 888. The molecular weight excluding hydrogens is 387 g/mol. The van der Waals surface area contributed by atoms with E-state index in [1.807, 2.05) is 13.8 Å². The van der Waals surface area contributed by atoms with Gasteiger partial charge in [0.25, 0.3) is 0 Å². The van der Waals surface area contributed by atoms with Crippen LogP contribution in [0.1, 0.15) is 25.0 Å². The Hall–Kier alpha value is -1.89. The van der Waals surface area contributed by atoms with Crippen molar-refractivity contribution < 1.29 is 13.7 Å². The largest absolute Gasteiger partial charge is 0.616 e. The molecule has 0 spiro atoms. The number of hydrogen-bond acceptors (Lipinski definition) is 3.